The monoisotopic (exact) mass is 402 g/mol. The van der Waals surface area contributed by atoms with Gasteiger partial charge in [-0.15, -0.1) is 0 Å². The van der Waals surface area contributed by atoms with Crippen LogP contribution in [0.25, 0.3) is 0 Å². The standard InChI is InChI=1S/C20H23FN4O4/c1-29-18-7-3-2-6-14(18)17(24-8-4-5-9-24)12-23-20(26)15-10-13(21)11-16(19(15)22)25(27)28/h2-3,6-7,10-11,17H,4-5,8-9,12,22H2,1H3,(H,23,26). The molecule has 154 valence electrons. The molecule has 0 bridgehead atoms. The van der Waals surface area contributed by atoms with Crippen LogP contribution >= 0.6 is 0 Å². The van der Waals surface area contributed by atoms with Crippen molar-refractivity contribution in [3.8, 4) is 5.75 Å². The summed E-state index contributed by atoms with van der Waals surface area (Å²) < 4.78 is 19.2. The van der Waals surface area contributed by atoms with E-state index in [0.29, 0.717) is 11.8 Å². The van der Waals surface area contributed by atoms with Crippen LogP contribution in [0.15, 0.2) is 36.4 Å². The number of hydrogen-bond donors (Lipinski definition) is 2. The predicted octanol–water partition coefficient (Wildman–Crippen LogP) is 2.89. The van der Waals surface area contributed by atoms with Crippen molar-refractivity contribution >= 4 is 17.3 Å². The van der Waals surface area contributed by atoms with E-state index in [2.05, 4.69) is 10.2 Å². The molecule has 1 fully saturated rings. The van der Waals surface area contributed by atoms with Gasteiger partial charge in [-0.1, -0.05) is 18.2 Å². The number of nitro benzene ring substituents is 1. The number of hydrogen-bond acceptors (Lipinski definition) is 6. The van der Waals surface area contributed by atoms with E-state index in [4.69, 9.17) is 10.5 Å². The zero-order valence-corrected chi connectivity index (χ0v) is 16.1. The lowest BCUT2D eigenvalue weighted by atomic mass is 10.0. The number of carbonyl (C=O) groups is 1. The highest BCUT2D eigenvalue weighted by Gasteiger charge is 2.27. The summed E-state index contributed by atoms with van der Waals surface area (Å²) >= 11 is 0. The van der Waals surface area contributed by atoms with Crippen LogP contribution < -0.4 is 15.8 Å². The minimum Gasteiger partial charge on any atom is -0.496 e. The summed E-state index contributed by atoms with van der Waals surface area (Å²) in [4.78, 5) is 25.2. The second kappa shape index (κ2) is 8.87. The fourth-order valence-corrected chi connectivity index (χ4v) is 3.66. The first-order chi connectivity index (χ1) is 13.9. The normalized spacial score (nSPS) is 15.1. The van der Waals surface area contributed by atoms with Crippen LogP contribution in [0.1, 0.15) is 34.8 Å². The molecule has 1 atom stereocenters. The molecule has 3 rings (SSSR count). The summed E-state index contributed by atoms with van der Waals surface area (Å²) in [6, 6.07) is 9.02. The van der Waals surface area contributed by atoms with Crippen LogP contribution in [0, 0.1) is 15.9 Å². The summed E-state index contributed by atoms with van der Waals surface area (Å²) in [5, 5.41) is 13.8. The second-order valence-corrected chi connectivity index (χ2v) is 6.85. The number of likely N-dealkylation sites (tertiary alicyclic amines) is 1. The third-order valence-corrected chi connectivity index (χ3v) is 5.10. The van der Waals surface area contributed by atoms with Gasteiger partial charge in [0.05, 0.1) is 29.7 Å². The Kier molecular flexibility index (Phi) is 6.28. The van der Waals surface area contributed by atoms with E-state index in [1.54, 1.807) is 7.11 Å². The Balaban J connectivity index is 1.85. The van der Waals surface area contributed by atoms with Gasteiger partial charge < -0.3 is 15.8 Å². The number of methoxy groups -OCH3 is 1. The largest absolute Gasteiger partial charge is 0.496 e. The van der Waals surface area contributed by atoms with Crippen LogP contribution in [0.2, 0.25) is 0 Å². The van der Waals surface area contributed by atoms with Crippen LogP contribution in [0.3, 0.4) is 0 Å². The molecule has 2 aromatic rings. The Bertz CT molecular complexity index is 915. The van der Waals surface area contributed by atoms with Gasteiger partial charge in [0.25, 0.3) is 11.6 Å². The molecule has 0 aromatic heterocycles. The zero-order valence-electron chi connectivity index (χ0n) is 16.1. The van der Waals surface area contributed by atoms with Crippen molar-refractivity contribution in [2.75, 3.05) is 32.5 Å². The number of halogens is 1. The molecular formula is C20H23FN4O4. The quantitative estimate of drug-likeness (QED) is 0.419. The number of nitrogen functional groups attached to an aromatic ring is 1. The van der Waals surface area contributed by atoms with Crippen molar-refractivity contribution in [1.29, 1.82) is 0 Å². The number of nitrogens with zero attached hydrogens (tertiary/aromatic N) is 2. The van der Waals surface area contributed by atoms with Gasteiger partial charge in [0.2, 0.25) is 0 Å². The highest BCUT2D eigenvalue weighted by molar-refractivity contribution is 6.01. The average Bonchev–Trinajstić information content (AvgIpc) is 3.24. The molecule has 1 aliphatic rings. The van der Waals surface area contributed by atoms with Gasteiger partial charge in [-0.2, -0.15) is 0 Å². The molecule has 29 heavy (non-hydrogen) atoms. The topological polar surface area (TPSA) is 111 Å². The zero-order chi connectivity index (χ0) is 21.0. The van der Waals surface area contributed by atoms with Gasteiger partial charge in [-0.25, -0.2) is 4.39 Å². The average molecular weight is 402 g/mol. The molecule has 8 nitrogen and oxygen atoms in total. The molecule has 9 heteroatoms. The Morgan fingerprint density at radius 3 is 2.69 bits per heavy atom. The van der Waals surface area contributed by atoms with Crippen molar-refractivity contribution in [1.82, 2.24) is 10.2 Å². The molecule has 1 unspecified atom stereocenters. The summed E-state index contributed by atoms with van der Waals surface area (Å²) in [6.45, 7) is 1.99. The van der Waals surface area contributed by atoms with Crippen molar-refractivity contribution in [2.45, 2.75) is 18.9 Å². The lowest BCUT2D eigenvalue weighted by molar-refractivity contribution is -0.384. The van der Waals surface area contributed by atoms with E-state index in [9.17, 15) is 19.3 Å². The van der Waals surface area contributed by atoms with Gasteiger partial charge in [-0.05, 0) is 38.1 Å². The number of ether oxygens (including phenoxy) is 1. The minimum atomic E-state index is -0.892. The maximum Gasteiger partial charge on any atom is 0.295 e. The molecule has 1 amide bonds. The third kappa shape index (κ3) is 4.45. The predicted molar refractivity (Wildman–Crippen MR) is 106 cm³/mol. The van der Waals surface area contributed by atoms with Crippen molar-refractivity contribution in [3.63, 3.8) is 0 Å². The maximum absolute atomic E-state index is 13.8. The number of nitrogens with two attached hydrogens (primary N) is 1. The highest BCUT2D eigenvalue weighted by Crippen LogP contribution is 2.32. The highest BCUT2D eigenvalue weighted by atomic mass is 19.1. The van der Waals surface area contributed by atoms with Gasteiger partial charge in [0, 0.05) is 12.1 Å². The van der Waals surface area contributed by atoms with Crippen LogP contribution in [-0.2, 0) is 0 Å². The first-order valence-corrected chi connectivity index (χ1v) is 9.31. The van der Waals surface area contributed by atoms with E-state index >= 15 is 0 Å². The number of amides is 1. The minimum absolute atomic E-state index is 0.151. The first-order valence-electron chi connectivity index (χ1n) is 9.31. The molecule has 3 N–H and O–H groups in total. The molecular weight excluding hydrogens is 379 g/mol. The summed E-state index contributed by atoms with van der Waals surface area (Å²) in [5.41, 5.74) is 5.43. The number of nitro groups is 1. The number of rotatable bonds is 7. The van der Waals surface area contributed by atoms with Crippen LogP contribution in [0.5, 0.6) is 5.75 Å². The fraction of sp³-hybridized carbons (Fsp3) is 0.350. The van der Waals surface area contributed by atoms with Crippen LogP contribution in [-0.4, -0.2) is 42.5 Å². The Morgan fingerprint density at radius 1 is 1.34 bits per heavy atom. The van der Waals surface area contributed by atoms with E-state index in [-0.39, 0.29) is 23.8 Å². The van der Waals surface area contributed by atoms with E-state index in [1.807, 2.05) is 24.3 Å². The molecule has 0 spiro atoms. The number of para-hydroxylation sites is 1. The van der Waals surface area contributed by atoms with E-state index in [1.165, 1.54) is 0 Å². The van der Waals surface area contributed by atoms with Gasteiger partial charge in [0.1, 0.15) is 17.3 Å². The third-order valence-electron chi connectivity index (χ3n) is 5.10. The van der Waals surface area contributed by atoms with Gasteiger partial charge in [0.15, 0.2) is 0 Å². The van der Waals surface area contributed by atoms with E-state index in [0.717, 1.165) is 37.6 Å². The number of anilines is 1. The SMILES string of the molecule is COc1ccccc1C(CNC(=O)c1cc(F)cc([N+](=O)[O-])c1N)N1CCCC1. The number of nitrogens with one attached hydrogen (secondary N) is 1. The molecule has 1 heterocycles. The van der Waals surface area contributed by atoms with Crippen molar-refractivity contribution < 1.29 is 18.8 Å². The van der Waals surface area contributed by atoms with Gasteiger partial charge >= 0.3 is 0 Å². The van der Waals surface area contributed by atoms with E-state index < -0.39 is 22.3 Å². The second-order valence-electron chi connectivity index (χ2n) is 6.85. The molecule has 0 saturated carbocycles. The molecule has 0 aliphatic carbocycles. The lowest BCUT2D eigenvalue weighted by Crippen LogP contribution is -2.37. The summed E-state index contributed by atoms with van der Waals surface area (Å²) in [5.74, 6) is -0.847. The Morgan fingerprint density at radius 2 is 2.03 bits per heavy atom. The Labute approximate surface area is 167 Å². The molecule has 0 radical (unpaired) electrons. The first kappa shape index (κ1) is 20.5. The molecule has 2 aromatic carbocycles. The van der Waals surface area contributed by atoms with Crippen LogP contribution in [0.4, 0.5) is 15.8 Å². The smallest absolute Gasteiger partial charge is 0.295 e. The lowest BCUT2D eigenvalue weighted by Gasteiger charge is -2.29. The fourth-order valence-electron chi connectivity index (χ4n) is 3.66. The number of carbonyl (C=O) groups excluding carboxylic acids is 1. The van der Waals surface area contributed by atoms with Crippen molar-refractivity contribution in [2.24, 2.45) is 0 Å². The summed E-state index contributed by atoms with van der Waals surface area (Å²) in [7, 11) is 1.59. The Hall–Kier alpha value is -3.20. The van der Waals surface area contributed by atoms with Gasteiger partial charge in [-0.3, -0.25) is 19.8 Å². The summed E-state index contributed by atoms with van der Waals surface area (Å²) in [6.07, 6.45) is 2.12. The number of benzene rings is 2. The maximum atomic E-state index is 13.8. The molecule has 1 aliphatic heterocycles. The molecule has 1 saturated heterocycles. The van der Waals surface area contributed by atoms with Crippen molar-refractivity contribution in [3.05, 3.63) is 63.5 Å².